The Balaban J connectivity index is 2.10. The molecule has 126 valence electrons. The summed E-state index contributed by atoms with van der Waals surface area (Å²) in [5.41, 5.74) is 1.49. The van der Waals surface area contributed by atoms with E-state index in [0.717, 1.165) is 5.39 Å². The average molecular weight is 339 g/mol. The van der Waals surface area contributed by atoms with Crippen LogP contribution < -0.4 is 4.74 Å². The summed E-state index contributed by atoms with van der Waals surface area (Å²) >= 11 is 0. The molecule has 1 aromatic carbocycles. The van der Waals surface area contributed by atoms with E-state index in [1.807, 2.05) is 6.07 Å². The van der Waals surface area contributed by atoms with Gasteiger partial charge in [-0.15, -0.1) is 0 Å². The van der Waals surface area contributed by atoms with Crippen molar-refractivity contribution in [2.45, 2.75) is 0 Å². The van der Waals surface area contributed by atoms with Crippen LogP contribution in [0, 0.1) is 10.1 Å². The monoisotopic (exact) mass is 339 g/mol. The second-order valence-corrected chi connectivity index (χ2v) is 5.06. The van der Waals surface area contributed by atoms with E-state index in [0.29, 0.717) is 16.8 Å². The molecule has 0 unspecified atom stereocenters. The first-order chi connectivity index (χ1) is 12.1. The van der Waals surface area contributed by atoms with Gasteiger partial charge in [-0.2, -0.15) is 0 Å². The second kappa shape index (κ2) is 6.91. The molecule has 0 fully saturated rings. The third-order valence-electron chi connectivity index (χ3n) is 3.46. The molecule has 2 aromatic heterocycles. The first-order valence-corrected chi connectivity index (χ1v) is 7.28. The Kier molecular flexibility index (Phi) is 4.51. The molecule has 0 saturated heterocycles. The van der Waals surface area contributed by atoms with E-state index in [4.69, 9.17) is 4.74 Å². The van der Waals surface area contributed by atoms with Crippen molar-refractivity contribution in [3.8, 4) is 17.1 Å². The maximum atomic E-state index is 11.3. The van der Waals surface area contributed by atoms with Crippen molar-refractivity contribution in [3.05, 3.63) is 58.8 Å². The van der Waals surface area contributed by atoms with Gasteiger partial charge in [0.25, 0.3) is 5.69 Å². The predicted octanol–water partition coefficient (Wildman–Crippen LogP) is 2.76. The molecule has 0 amide bonds. The maximum absolute atomic E-state index is 11.3. The lowest BCUT2D eigenvalue weighted by molar-refractivity contribution is -0.384. The number of benzene rings is 1. The fourth-order valence-electron chi connectivity index (χ4n) is 2.29. The molecule has 0 bridgehead atoms. The Bertz CT molecular complexity index is 958. The largest absolute Gasteiger partial charge is 0.466 e. The van der Waals surface area contributed by atoms with E-state index in [1.165, 1.54) is 19.2 Å². The third kappa shape index (κ3) is 3.52. The first-order valence-electron chi connectivity index (χ1n) is 7.28. The Hall–Kier alpha value is -3.55. The summed E-state index contributed by atoms with van der Waals surface area (Å²) in [7, 11) is 1.26. The van der Waals surface area contributed by atoms with Gasteiger partial charge in [-0.05, 0) is 6.07 Å². The number of hydrogen-bond acceptors (Lipinski definition) is 7. The van der Waals surface area contributed by atoms with E-state index in [9.17, 15) is 14.9 Å². The van der Waals surface area contributed by atoms with Gasteiger partial charge in [-0.25, -0.2) is 9.78 Å². The van der Waals surface area contributed by atoms with Gasteiger partial charge in [-0.1, -0.05) is 18.2 Å². The molecule has 0 saturated carbocycles. The number of methoxy groups -OCH3 is 1. The minimum atomic E-state index is -0.537. The van der Waals surface area contributed by atoms with Crippen LogP contribution in [0.2, 0.25) is 0 Å². The van der Waals surface area contributed by atoms with Crippen molar-refractivity contribution in [3.63, 3.8) is 0 Å². The van der Waals surface area contributed by atoms with Crippen LogP contribution in [0.5, 0.6) is 5.88 Å². The molecule has 3 rings (SSSR count). The highest BCUT2D eigenvalue weighted by molar-refractivity contribution is 5.92. The van der Waals surface area contributed by atoms with Crippen molar-refractivity contribution in [2.75, 3.05) is 13.7 Å². The minimum absolute atomic E-state index is 0.0516. The van der Waals surface area contributed by atoms with Crippen molar-refractivity contribution in [1.29, 1.82) is 0 Å². The predicted molar refractivity (Wildman–Crippen MR) is 89.1 cm³/mol. The summed E-state index contributed by atoms with van der Waals surface area (Å²) in [4.78, 5) is 30.5. The van der Waals surface area contributed by atoms with Crippen LogP contribution in [0.3, 0.4) is 0 Å². The SMILES string of the molecule is COC(=O)COc1cc2cccnc2c(-c2cccc([N+](=O)[O-])c2)n1. The zero-order valence-corrected chi connectivity index (χ0v) is 13.2. The topological polar surface area (TPSA) is 104 Å². The van der Waals surface area contributed by atoms with Gasteiger partial charge in [-0.3, -0.25) is 15.1 Å². The van der Waals surface area contributed by atoms with Gasteiger partial charge in [0.05, 0.1) is 17.5 Å². The van der Waals surface area contributed by atoms with E-state index in [2.05, 4.69) is 14.7 Å². The highest BCUT2D eigenvalue weighted by atomic mass is 16.6. The van der Waals surface area contributed by atoms with Crippen molar-refractivity contribution >= 4 is 22.6 Å². The average Bonchev–Trinajstić information content (AvgIpc) is 2.65. The van der Waals surface area contributed by atoms with Crippen LogP contribution in [0.4, 0.5) is 5.69 Å². The molecular formula is C17H13N3O5. The molecule has 2 heterocycles. The number of nitro benzene ring substituents is 1. The number of nitro groups is 1. The number of rotatable bonds is 5. The fraction of sp³-hybridized carbons (Fsp3) is 0.118. The lowest BCUT2D eigenvalue weighted by atomic mass is 10.1. The van der Waals surface area contributed by atoms with Gasteiger partial charge in [0.2, 0.25) is 5.88 Å². The zero-order valence-electron chi connectivity index (χ0n) is 13.2. The van der Waals surface area contributed by atoms with E-state index >= 15 is 0 Å². The molecule has 0 radical (unpaired) electrons. The van der Waals surface area contributed by atoms with E-state index in [-0.39, 0.29) is 18.2 Å². The number of carbonyl (C=O) groups is 1. The van der Waals surface area contributed by atoms with Crippen LogP contribution in [0.15, 0.2) is 48.7 Å². The third-order valence-corrected chi connectivity index (χ3v) is 3.46. The number of nitrogens with zero attached hydrogens (tertiary/aromatic N) is 3. The van der Waals surface area contributed by atoms with E-state index < -0.39 is 10.9 Å². The number of pyridine rings is 2. The lowest BCUT2D eigenvalue weighted by Crippen LogP contribution is -2.13. The standard InChI is InChI=1S/C17H13N3O5/c1-24-15(21)10-25-14-9-12-5-3-7-18-16(12)17(19-14)11-4-2-6-13(8-11)20(22)23/h2-9H,10H2,1H3. The molecule has 0 aliphatic rings. The summed E-state index contributed by atoms with van der Waals surface area (Å²) in [5, 5.41) is 11.8. The molecule has 0 aliphatic carbocycles. The van der Waals surface area contributed by atoms with Gasteiger partial charge < -0.3 is 9.47 Å². The fourth-order valence-corrected chi connectivity index (χ4v) is 2.29. The Morgan fingerprint density at radius 3 is 2.84 bits per heavy atom. The molecule has 8 nitrogen and oxygen atoms in total. The molecule has 0 aliphatic heterocycles. The molecule has 3 aromatic rings. The van der Waals surface area contributed by atoms with Gasteiger partial charge in [0.15, 0.2) is 6.61 Å². The molecule has 0 spiro atoms. The van der Waals surface area contributed by atoms with Crippen molar-refractivity contribution in [1.82, 2.24) is 9.97 Å². The van der Waals surface area contributed by atoms with Crippen molar-refractivity contribution in [2.24, 2.45) is 0 Å². The molecule has 0 N–H and O–H groups in total. The Morgan fingerprint density at radius 1 is 1.24 bits per heavy atom. The number of ether oxygens (including phenoxy) is 2. The summed E-state index contributed by atoms with van der Waals surface area (Å²) in [5.74, 6) is -0.336. The lowest BCUT2D eigenvalue weighted by Gasteiger charge is -2.09. The van der Waals surface area contributed by atoms with Gasteiger partial charge in [0.1, 0.15) is 5.69 Å². The van der Waals surface area contributed by atoms with Gasteiger partial charge >= 0.3 is 5.97 Å². The molecule has 25 heavy (non-hydrogen) atoms. The summed E-state index contributed by atoms with van der Waals surface area (Å²) in [6.07, 6.45) is 1.61. The number of carbonyl (C=O) groups excluding carboxylic acids is 1. The maximum Gasteiger partial charge on any atom is 0.343 e. The summed E-state index contributed by atoms with van der Waals surface area (Å²) < 4.78 is 9.90. The van der Waals surface area contributed by atoms with E-state index in [1.54, 1.807) is 30.5 Å². The number of esters is 1. The number of non-ortho nitro benzene ring substituents is 1. The highest BCUT2D eigenvalue weighted by Crippen LogP contribution is 2.30. The molecular weight excluding hydrogens is 326 g/mol. The number of aromatic nitrogens is 2. The summed E-state index contributed by atoms with van der Waals surface area (Å²) in [6.45, 7) is -0.288. The number of hydrogen-bond donors (Lipinski definition) is 0. The quantitative estimate of drug-likeness (QED) is 0.400. The summed E-state index contributed by atoms with van der Waals surface area (Å²) in [6, 6.07) is 11.3. The van der Waals surface area contributed by atoms with Crippen LogP contribution in [-0.2, 0) is 9.53 Å². The zero-order chi connectivity index (χ0) is 17.8. The minimum Gasteiger partial charge on any atom is -0.466 e. The number of fused-ring (bicyclic) bond motifs is 1. The highest BCUT2D eigenvalue weighted by Gasteiger charge is 2.14. The first kappa shape index (κ1) is 16.3. The van der Waals surface area contributed by atoms with Crippen LogP contribution in [0.25, 0.3) is 22.2 Å². The van der Waals surface area contributed by atoms with Crippen LogP contribution in [-0.4, -0.2) is 34.6 Å². The second-order valence-electron chi connectivity index (χ2n) is 5.06. The molecule has 0 atom stereocenters. The Labute approximate surface area is 142 Å². The smallest absolute Gasteiger partial charge is 0.343 e. The normalized spacial score (nSPS) is 10.4. The molecule has 8 heteroatoms. The van der Waals surface area contributed by atoms with Crippen molar-refractivity contribution < 1.29 is 19.2 Å². The van der Waals surface area contributed by atoms with Gasteiger partial charge in [0, 0.05) is 35.3 Å². The van der Waals surface area contributed by atoms with Crippen LogP contribution in [0.1, 0.15) is 0 Å². The van der Waals surface area contributed by atoms with Crippen LogP contribution >= 0.6 is 0 Å². The Morgan fingerprint density at radius 2 is 2.08 bits per heavy atom.